The number of hydrogen-bond donors (Lipinski definition) is 0. The normalized spacial score (nSPS) is 26.0. The van der Waals surface area contributed by atoms with Gasteiger partial charge in [-0.3, -0.25) is 9.80 Å². The lowest BCUT2D eigenvalue weighted by Gasteiger charge is -2.44. The van der Waals surface area contributed by atoms with E-state index in [1.165, 1.54) is 49.8 Å². The van der Waals surface area contributed by atoms with Crippen molar-refractivity contribution >= 4 is 23.1 Å². The molecule has 0 amide bonds. The summed E-state index contributed by atoms with van der Waals surface area (Å²) in [5.74, 6) is 1.09. The number of halogens is 1. The number of hydrogen-bond acceptors (Lipinski definition) is 4. The SMILES string of the molecule is Clc1ccc(N2C(c3ccccc3)=N[C@@H](N3CCCCC3)[C@H]2N2CCCCC2)cc1. The van der Waals surface area contributed by atoms with Crippen LogP contribution >= 0.6 is 11.6 Å². The zero-order chi connectivity index (χ0) is 20.3. The van der Waals surface area contributed by atoms with Crippen molar-refractivity contribution in [3.63, 3.8) is 0 Å². The van der Waals surface area contributed by atoms with E-state index in [1.54, 1.807) is 0 Å². The van der Waals surface area contributed by atoms with Crippen molar-refractivity contribution < 1.29 is 0 Å². The van der Waals surface area contributed by atoms with Crippen LogP contribution in [0.15, 0.2) is 59.6 Å². The van der Waals surface area contributed by atoms with Gasteiger partial charge in [0.25, 0.3) is 0 Å². The van der Waals surface area contributed by atoms with E-state index in [0.29, 0.717) is 0 Å². The number of aliphatic imine (C=N–C) groups is 1. The van der Waals surface area contributed by atoms with Gasteiger partial charge in [0.1, 0.15) is 18.2 Å². The molecule has 0 bridgehead atoms. The molecule has 30 heavy (non-hydrogen) atoms. The molecule has 0 radical (unpaired) electrons. The zero-order valence-electron chi connectivity index (χ0n) is 17.6. The third-order valence-electron chi connectivity index (χ3n) is 6.68. The lowest BCUT2D eigenvalue weighted by Crippen LogP contribution is -2.58. The first-order valence-corrected chi connectivity index (χ1v) is 11.9. The summed E-state index contributed by atoms with van der Waals surface area (Å²) in [5, 5.41) is 0.776. The molecule has 0 N–H and O–H groups in total. The minimum atomic E-state index is 0.175. The molecule has 3 aliphatic heterocycles. The van der Waals surface area contributed by atoms with Gasteiger partial charge in [0, 0.05) is 42.5 Å². The Morgan fingerprint density at radius 3 is 1.93 bits per heavy atom. The third-order valence-corrected chi connectivity index (χ3v) is 6.93. The molecule has 0 aliphatic carbocycles. The van der Waals surface area contributed by atoms with Crippen LogP contribution in [0, 0.1) is 0 Å². The van der Waals surface area contributed by atoms with Crippen LogP contribution in [-0.2, 0) is 0 Å². The molecule has 5 rings (SSSR count). The van der Waals surface area contributed by atoms with Crippen molar-refractivity contribution in [2.45, 2.75) is 50.9 Å². The van der Waals surface area contributed by atoms with Gasteiger partial charge in [-0.2, -0.15) is 0 Å². The van der Waals surface area contributed by atoms with Gasteiger partial charge < -0.3 is 4.90 Å². The molecule has 0 saturated carbocycles. The highest BCUT2D eigenvalue weighted by Gasteiger charge is 2.44. The lowest BCUT2D eigenvalue weighted by atomic mass is 10.1. The van der Waals surface area contributed by atoms with E-state index in [0.717, 1.165) is 37.0 Å². The minimum absolute atomic E-state index is 0.175. The Balaban J connectivity index is 1.59. The highest BCUT2D eigenvalue weighted by Crippen LogP contribution is 2.34. The minimum Gasteiger partial charge on any atom is -0.306 e. The topological polar surface area (TPSA) is 22.1 Å². The van der Waals surface area contributed by atoms with Gasteiger partial charge in [0.2, 0.25) is 0 Å². The Kier molecular flexibility index (Phi) is 6.07. The first-order valence-electron chi connectivity index (χ1n) is 11.5. The average Bonchev–Trinajstić information content (AvgIpc) is 3.22. The molecular formula is C25H31ClN4. The van der Waals surface area contributed by atoms with Crippen LogP contribution in [-0.4, -0.2) is 54.1 Å². The van der Waals surface area contributed by atoms with Crippen molar-refractivity contribution in [2.24, 2.45) is 4.99 Å². The van der Waals surface area contributed by atoms with Crippen LogP contribution in [0.1, 0.15) is 44.1 Å². The molecule has 0 unspecified atom stereocenters. The maximum atomic E-state index is 6.24. The largest absolute Gasteiger partial charge is 0.306 e. The van der Waals surface area contributed by atoms with E-state index in [1.807, 2.05) is 12.1 Å². The third kappa shape index (κ3) is 4.01. The summed E-state index contributed by atoms with van der Waals surface area (Å²) < 4.78 is 0. The molecule has 2 saturated heterocycles. The molecule has 0 spiro atoms. The Morgan fingerprint density at radius 1 is 0.700 bits per heavy atom. The molecule has 3 heterocycles. The Labute approximate surface area is 185 Å². The van der Waals surface area contributed by atoms with Gasteiger partial charge in [0.05, 0.1) is 0 Å². The summed E-state index contributed by atoms with van der Waals surface area (Å²) in [6, 6.07) is 19.0. The summed E-state index contributed by atoms with van der Waals surface area (Å²) in [4.78, 5) is 13.2. The maximum absolute atomic E-state index is 6.24. The average molecular weight is 423 g/mol. The van der Waals surface area contributed by atoms with Crippen LogP contribution in [0.3, 0.4) is 0 Å². The monoisotopic (exact) mass is 422 g/mol. The zero-order valence-corrected chi connectivity index (χ0v) is 18.3. The summed E-state index contributed by atoms with van der Waals surface area (Å²) in [5.41, 5.74) is 2.37. The molecule has 2 fully saturated rings. The van der Waals surface area contributed by atoms with Gasteiger partial charge in [-0.1, -0.05) is 54.8 Å². The molecule has 0 aromatic heterocycles. The molecule has 2 aromatic carbocycles. The van der Waals surface area contributed by atoms with Gasteiger partial charge >= 0.3 is 0 Å². The quantitative estimate of drug-likeness (QED) is 0.673. The lowest BCUT2D eigenvalue weighted by molar-refractivity contribution is 0.0696. The van der Waals surface area contributed by atoms with Crippen molar-refractivity contribution in [3.05, 3.63) is 65.2 Å². The first-order chi connectivity index (χ1) is 14.8. The van der Waals surface area contributed by atoms with E-state index in [2.05, 4.69) is 57.2 Å². The Bertz CT molecular complexity index is 854. The standard InChI is InChI=1S/C25H31ClN4/c26-21-12-14-22(15-13-21)30-23(20-10-4-1-5-11-20)27-24(28-16-6-2-7-17-28)25(30)29-18-8-3-9-19-29/h1,4-5,10-15,24-25H,2-3,6-9,16-19H2/t24-,25-/m0/s1. The predicted octanol–water partition coefficient (Wildman–Crippen LogP) is 5.23. The number of piperidine rings is 2. The van der Waals surface area contributed by atoms with E-state index in [9.17, 15) is 0 Å². The van der Waals surface area contributed by atoms with E-state index in [-0.39, 0.29) is 12.3 Å². The predicted molar refractivity (Wildman–Crippen MR) is 125 cm³/mol. The summed E-state index contributed by atoms with van der Waals surface area (Å²) in [7, 11) is 0. The van der Waals surface area contributed by atoms with Gasteiger partial charge in [-0.25, -0.2) is 4.99 Å². The molecule has 5 heteroatoms. The molecular weight excluding hydrogens is 392 g/mol. The molecule has 2 aromatic rings. The second-order valence-electron chi connectivity index (χ2n) is 8.69. The van der Waals surface area contributed by atoms with Crippen LogP contribution < -0.4 is 4.90 Å². The number of benzene rings is 2. The molecule has 3 aliphatic rings. The van der Waals surface area contributed by atoms with Crippen LogP contribution in [0.2, 0.25) is 5.02 Å². The molecule has 2 atom stereocenters. The van der Waals surface area contributed by atoms with Crippen molar-refractivity contribution in [1.29, 1.82) is 0 Å². The first kappa shape index (κ1) is 20.0. The van der Waals surface area contributed by atoms with Crippen molar-refractivity contribution in [1.82, 2.24) is 9.80 Å². The van der Waals surface area contributed by atoms with Gasteiger partial charge in [0.15, 0.2) is 0 Å². The highest BCUT2D eigenvalue weighted by molar-refractivity contribution is 6.30. The fourth-order valence-electron chi connectivity index (χ4n) is 5.18. The Hall–Kier alpha value is -1.88. The number of rotatable bonds is 4. The second kappa shape index (κ2) is 9.09. The summed E-state index contributed by atoms with van der Waals surface area (Å²) in [6.07, 6.45) is 8.20. The Morgan fingerprint density at radius 2 is 1.30 bits per heavy atom. The van der Waals surface area contributed by atoms with E-state index >= 15 is 0 Å². The fourth-order valence-corrected chi connectivity index (χ4v) is 5.30. The summed E-state index contributed by atoms with van der Waals surface area (Å²) in [6.45, 7) is 4.59. The van der Waals surface area contributed by atoms with Crippen molar-refractivity contribution in [2.75, 3.05) is 31.1 Å². The van der Waals surface area contributed by atoms with Crippen LogP contribution in [0.4, 0.5) is 5.69 Å². The molecule has 4 nitrogen and oxygen atoms in total. The number of nitrogens with zero attached hydrogens (tertiary/aromatic N) is 4. The maximum Gasteiger partial charge on any atom is 0.139 e. The van der Waals surface area contributed by atoms with Crippen LogP contribution in [0.25, 0.3) is 0 Å². The number of likely N-dealkylation sites (tertiary alicyclic amines) is 2. The van der Waals surface area contributed by atoms with Gasteiger partial charge in [-0.15, -0.1) is 0 Å². The summed E-state index contributed by atoms with van der Waals surface area (Å²) >= 11 is 6.24. The second-order valence-corrected chi connectivity index (χ2v) is 9.12. The molecule has 158 valence electrons. The fraction of sp³-hybridized carbons (Fsp3) is 0.480. The van der Waals surface area contributed by atoms with Gasteiger partial charge in [-0.05, 0) is 49.9 Å². The van der Waals surface area contributed by atoms with E-state index < -0.39 is 0 Å². The number of anilines is 1. The van der Waals surface area contributed by atoms with Crippen molar-refractivity contribution in [3.8, 4) is 0 Å². The number of amidine groups is 1. The highest BCUT2D eigenvalue weighted by atomic mass is 35.5. The smallest absolute Gasteiger partial charge is 0.139 e. The van der Waals surface area contributed by atoms with E-state index in [4.69, 9.17) is 16.6 Å². The van der Waals surface area contributed by atoms with Crippen LogP contribution in [0.5, 0.6) is 0 Å².